The predicted molar refractivity (Wildman–Crippen MR) is 99.5 cm³/mol. The highest BCUT2D eigenvalue weighted by Gasteiger charge is 2.55. The number of halogens is 6. The number of primary amides is 1. The number of hydrogen-bond donors (Lipinski definition) is 1. The Bertz CT molecular complexity index is 908. The maximum atomic E-state index is 12.8. The normalized spacial score (nSPS) is 21.0. The molecular formula is C18H13F5INO4. The minimum atomic E-state index is -4.73. The molecule has 0 unspecified atom stereocenters. The molecule has 11 heteroatoms. The maximum Gasteiger partial charge on any atom is 0.416 e. The number of hydrogen-bond acceptors (Lipinski definition) is 4. The Hall–Kier alpha value is -2.31. The van der Waals surface area contributed by atoms with Gasteiger partial charge in [-0.2, -0.15) is 22.0 Å². The summed E-state index contributed by atoms with van der Waals surface area (Å²) in [7, 11) is 0. The third kappa shape index (κ3) is 5.19. The van der Waals surface area contributed by atoms with Crippen LogP contribution in [0.4, 0.5) is 22.0 Å². The van der Waals surface area contributed by atoms with Gasteiger partial charge < -0.3 is 19.9 Å². The first kappa shape index (κ1) is 21.4. The van der Waals surface area contributed by atoms with Gasteiger partial charge in [-0.1, -0.05) is 28.7 Å². The van der Waals surface area contributed by atoms with E-state index in [1.807, 2.05) is 22.6 Å². The van der Waals surface area contributed by atoms with E-state index in [9.17, 15) is 26.7 Å². The molecule has 0 aliphatic heterocycles. The van der Waals surface area contributed by atoms with Gasteiger partial charge in [-0.3, -0.25) is 4.79 Å². The molecule has 5 nitrogen and oxygen atoms in total. The molecule has 0 radical (unpaired) electrons. The number of carbonyl (C=O) groups excluding carboxylic acids is 1. The lowest BCUT2D eigenvalue weighted by molar-refractivity contribution is -0.138. The lowest BCUT2D eigenvalue weighted by Crippen LogP contribution is -2.17. The number of amides is 1. The van der Waals surface area contributed by atoms with Crippen molar-refractivity contribution in [2.45, 2.75) is 22.8 Å². The van der Waals surface area contributed by atoms with Gasteiger partial charge in [0.1, 0.15) is 17.6 Å². The third-order valence-corrected chi connectivity index (χ3v) is 5.47. The first-order valence-electron chi connectivity index (χ1n) is 8.10. The molecule has 1 aliphatic carbocycles. The molecule has 1 fully saturated rings. The maximum absolute atomic E-state index is 12.8. The zero-order valence-electron chi connectivity index (χ0n) is 14.3. The molecule has 0 aromatic heterocycles. The monoisotopic (exact) mass is 529 g/mol. The van der Waals surface area contributed by atoms with Crippen LogP contribution < -0.4 is 19.9 Å². The Labute approximate surface area is 175 Å². The summed E-state index contributed by atoms with van der Waals surface area (Å²) in [5.74, 6) is -1.57. The molecule has 2 aromatic rings. The largest absolute Gasteiger partial charge is 0.488 e. The van der Waals surface area contributed by atoms with E-state index in [1.54, 1.807) is 6.07 Å². The lowest BCUT2D eigenvalue weighted by atomic mass is 10.2. The molecule has 29 heavy (non-hydrogen) atoms. The van der Waals surface area contributed by atoms with E-state index in [4.69, 9.17) is 15.2 Å². The van der Waals surface area contributed by atoms with Crippen LogP contribution in [0.5, 0.6) is 23.0 Å². The summed E-state index contributed by atoms with van der Waals surface area (Å²) in [6, 6.07) is 7.99. The van der Waals surface area contributed by atoms with Crippen LogP contribution in [-0.4, -0.2) is 22.5 Å². The van der Waals surface area contributed by atoms with E-state index < -0.39 is 42.0 Å². The number of carbonyl (C=O) groups is 1. The number of ether oxygens (including phenoxy) is 3. The quantitative estimate of drug-likeness (QED) is 0.319. The highest BCUT2D eigenvalue weighted by atomic mass is 127. The molecule has 2 aromatic carbocycles. The zero-order chi connectivity index (χ0) is 21.3. The second kappa shape index (κ2) is 8.20. The molecule has 0 saturated heterocycles. The van der Waals surface area contributed by atoms with Crippen molar-refractivity contribution in [1.29, 1.82) is 0 Å². The fourth-order valence-corrected chi connectivity index (χ4v) is 3.68. The SMILES string of the molecule is NC(=O)[C@@H]1[C@@H](I)[C@H]1Oc1cccc(Oc2ccc(C(F)(F)F)cc2OC(F)F)c1. The van der Waals surface area contributed by atoms with Crippen molar-refractivity contribution in [3.63, 3.8) is 0 Å². The second-order valence-corrected chi connectivity index (χ2v) is 7.51. The molecule has 3 rings (SSSR count). The fraction of sp³-hybridized carbons (Fsp3) is 0.278. The molecule has 1 amide bonds. The highest BCUT2D eigenvalue weighted by molar-refractivity contribution is 14.1. The molecule has 0 spiro atoms. The molecule has 2 N–H and O–H groups in total. The third-order valence-electron chi connectivity index (χ3n) is 3.99. The van der Waals surface area contributed by atoms with E-state index in [0.717, 1.165) is 6.07 Å². The standard InChI is InChI=1S/C18H13F5INO4/c19-17(20)29-12-6-8(18(21,22)23)4-5-11(12)27-9-2-1-3-10(7-9)28-15-13(14(15)24)16(25)26/h1-7,13-15,17H,(H2,25,26)/t13-,14-,15+/m1/s1. The van der Waals surface area contributed by atoms with Crippen LogP contribution in [-0.2, 0) is 11.0 Å². The number of rotatable bonds is 7. The van der Waals surface area contributed by atoms with Crippen molar-refractivity contribution in [1.82, 2.24) is 0 Å². The van der Waals surface area contributed by atoms with Crippen molar-refractivity contribution in [3.05, 3.63) is 48.0 Å². The second-order valence-electron chi connectivity index (χ2n) is 6.07. The summed E-state index contributed by atoms with van der Waals surface area (Å²) in [4.78, 5) is 11.3. The first-order chi connectivity index (χ1) is 13.6. The van der Waals surface area contributed by atoms with E-state index in [0.29, 0.717) is 17.9 Å². The van der Waals surface area contributed by atoms with Crippen LogP contribution in [0.25, 0.3) is 0 Å². The van der Waals surface area contributed by atoms with Crippen molar-refractivity contribution in [2.24, 2.45) is 11.7 Å². The minimum Gasteiger partial charge on any atom is -0.488 e. The van der Waals surface area contributed by atoms with Crippen LogP contribution in [0.1, 0.15) is 5.56 Å². The van der Waals surface area contributed by atoms with Crippen LogP contribution >= 0.6 is 22.6 Å². The van der Waals surface area contributed by atoms with E-state index in [1.165, 1.54) is 18.2 Å². The summed E-state index contributed by atoms with van der Waals surface area (Å²) < 4.78 is 78.9. The predicted octanol–water partition coefficient (Wildman–Crippen LogP) is 4.77. The molecule has 1 saturated carbocycles. The van der Waals surface area contributed by atoms with E-state index in [2.05, 4.69) is 4.74 Å². The van der Waals surface area contributed by atoms with Gasteiger partial charge in [0.2, 0.25) is 5.91 Å². The van der Waals surface area contributed by atoms with Crippen LogP contribution in [0.15, 0.2) is 42.5 Å². The van der Waals surface area contributed by atoms with Crippen molar-refractivity contribution in [3.8, 4) is 23.0 Å². The van der Waals surface area contributed by atoms with Gasteiger partial charge in [-0.05, 0) is 30.3 Å². The average molecular weight is 529 g/mol. The molecule has 3 atom stereocenters. The van der Waals surface area contributed by atoms with Gasteiger partial charge in [-0.15, -0.1) is 0 Å². The van der Waals surface area contributed by atoms with Crippen LogP contribution in [0, 0.1) is 5.92 Å². The molecule has 0 heterocycles. The molecular weight excluding hydrogens is 516 g/mol. The van der Waals surface area contributed by atoms with Crippen molar-refractivity contribution < 1.29 is 41.0 Å². The number of benzene rings is 2. The number of alkyl halides is 6. The van der Waals surface area contributed by atoms with Gasteiger partial charge in [0, 0.05) is 6.07 Å². The zero-order valence-corrected chi connectivity index (χ0v) is 16.5. The molecule has 1 aliphatic rings. The van der Waals surface area contributed by atoms with Gasteiger partial charge in [0.05, 0.1) is 15.4 Å². The van der Waals surface area contributed by atoms with Crippen LogP contribution in [0.2, 0.25) is 0 Å². The topological polar surface area (TPSA) is 70.8 Å². The Morgan fingerprint density at radius 1 is 1.07 bits per heavy atom. The van der Waals surface area contributed by atoms with Gasteiger partial charge in [0.25, 0.3) is 0 Å². The Morgan fingerprint density at radius 3 is 2.34 bits per heavy atom. The summed E-state index contributed by atoms with van der Waals surface area (Å²) >= 11 is 2.04. The minimum absolute atomic E-state index is 0.0874. The van der Waals surface area contributed by atoms with Crippen molar-refractivity contribution in [2.75, 3.05) is 0 Å². The van der Waals surface area contributed by atoms with Gasteiger partial charge in [0.15, 0.2) is 11.5 Å². The molecule has 0 bridgehead atoms. The summed E-state index contributed by atoms with van der Waals surface area (Å²) in [6.07, 6.45) is -5.14. The molecule has 156 valence electrons. The van der Waals surface area contributed by atoms with Gasteiger partial charge >= 0.3 is 12.8 Å². The highest BCUT2D eigenvalue weighted by Crippen LogP contribution is 2.43. The Balaban J connectivity index is 1.80. The van der Waals surface area contributed by atoms with E-state index >= 15 is 0 Å². The lowest BCUT2D eigenvalue weighted by Gasteiger charge is -2.15. The Kier molecular flexibility index (Phi) is 6.05. The van der Waals surface area contributed by atoms with Crippen LogP contribution in [0.3, 0.4) is 0 Å². The first-order valence-corrected chi connectivity index (χ1v) is 9.35. The summed E-state index contributed by atoms with van der Waals surface area (Å²) in [5, 5.41) is 0. The summed E-state index contributed by atoms with van der Waals surface area (Å²) in [5.41, 5.74) is 4.10. The number of nitrogens with two attached hydrogens (primary N) is 1. The fourth-order valence-electron chi connectivity index (χ4n) is 2.56. The Morgan fingerprint density at radius 2 is 1.76 bits per heavy atom. The smallest absolute Gasteiger partial charge is 0.416 e. The van der Waals surface area contributed by atoms with Crippen molar-refractivity contribution >= 4 is 28.5 Å². The average Bonchev–Trinajstić information content (AvgIpc) is 3.24. The van der Waals surface area contributed by atoms with E-state index in [-0.39, 0.29) is 15.4 Å². The van der Waals surface area contributed by atoms with Gasteiger partial charge in [-0.25, -0.2) is 0 Å². The summed E-state index contributed by atoms with van der Waals surface area (Å²) in [6.45, 7) is -3.34.